The third-order valence-electron chi connectivity index (χ3n) is 5.92. The van der Waals surface area contributed by atoms with E-state index in [1.165, 1.54) is 0 Å². The van der Waals surface area contributed by atoms with Gasteiger partial charge in [0.2, 0.25) is 0 Å². The monoisotopic (exact) mass is 377 g/mol. The van der Waals surface area contributed by atoms with Crippen LogP contribution in [0.5, 0.6) is 5.75 Å². The quantitative estimate of drug-likeness (QED) is 0.726. The molecule has 1 atom stereocenters. The molecule has 2 N–H and O–H groups in total. The Balaban J connectivity index is 1.51. The lowest BCUT2D eigenvalue weighted by atomic mass is 9.79. The van der Waals surface area contributed by atoms with Crippen molar-refractivity contribution in [3.63, 3.8) is 0 Å². The Kier molecular flexibility index (Phi) is 6.18. The van der Waals surface area contributed by atoms with Crippen LogP contribution in [-0.2, 0) is 9.31 Å². The topological polar surface area (TPSA) is 71.4 Å². The van der Waals surface area contributed by atoms with Crippen LogP contribution in [0.25, 0.3) is 0 Å². The average molecular weight is 377 g/mol. The van der Waals surface area contributed by atoms with Crippen molar-refractivity contribution in [1.82, 2.24) is 4.90 Å². The van der Waals surface area contributed by atoms with Crippen molar-refractivity contribution in [2.45, 2.75) is 63.9 Å². The smallest absolute Gasteiger partial charge is 0.490 e. The number of β-amino-alcohol motifs (C(OH)–C–C–N with tert-alkyl or cyclic N) is 1. The van der Waals surface area contributed by atoms with Crippen molar-refractivity contribution >= 4 is 12.6 Å². The van der Waals surface area contributed by atoms with Gasteiger partial charge in [0, 0.05) is 19.6 Å². The zero-order valence-electron chi connectivity index (χ0n) is 16.9. The second-order valence-corrected chi connectivity index (χ2v) is 8.61. The lowest BCUT2D eigenvalue weighted by molar-refractivity contribution is 0.00578. The van der Waals surface area contributed by atoms with E-state index in [0.29, 0.717) is 6.54 Å². The van der Waals surface area contributed by atoms with Gasteiger partial charge in [-0.2, -0.15) is 0 Å². The summed E-state index contributed by atoms with van der Waals surface area (Å²) in [5.74, 6) is 0.851. The van der Waals surface area contributed by atoms with E-state index in [1.807, 2.05) is 24.3 Å². The summed E-state index contributed by atoms with van der Waals surface area (Å²) in [4.78, 5) is 2.17. The van der Waals surface area contributed by atoms with Crippen LogP contribution in [0.1, 0.15) is 40.5 Å². The molecule has 0 amide bonds. The van der Waals surface area contributed by atoms with Crippen LogP contribution in [-0.4, -0.2) is 71.9 Å². The molecule has 3 rings (SSSR count). The summed E-state index contributed by atoms with van der Waals surface area (Å²) in [5, 5.41) is 18.5. The molecule has 2 saturated heterocycles. The van der Waals surface area contributed by atoms with Crippen LogP contribution in [0.3, 0.4) is 0 Å². The van der Waals surface area contributed by atoms with Gasteiger partial charge in [0.25, 0.3) is 0 Å². The van der Waals surface area contributed by atoms with Gasteiger partial charge in [0.15, 0.2) is 0 Å². The molecule has 0 radical (unpaired) electrons. The van der Waals surface area contributed by atoms with Crippen molar-refractivity contribution in [3.8, 4) is 5.75 Å². The van der Waals surface area contributed by atoms with Crippen LogP contribution in [0.2, 0.25) is 0 Å². The first-order valence-electron chi connectivity index (χ1n) is 9.84. The first-order chi connectivity index (χ1) is 12.7. The number of rotatable bonds is 6. The predicted molar refractivity (Wildman–Crippen MR) is 105 cm³/mol. The second-order valence-electron chi connectivity index (χ2n) is 8.61. The number of piperidine rings is 1. The van der Waals surface area contributed by atoms with Gasteiger partial charge in [-0.05, 0) is 58.1 Å². The minimum Gasteiger partial charge on any atom is -0.490 e. The van der Waals surface area contributed by atoms with E-state index in [0.717, 1.165) is 37.1 Å². The fraction of sp³-hybridized carbons (Fsp3) is 0.700. The van der Waals surface area contributed by atoms with Crippen LogP contribution in [0.15, 0.2) is 24.3 Å². The minimum absolute atomic E-state index is 0.176. The van der Waals surface area contributed by atoms with Crippen molar-refractivity contribution in [1.29, 1.82) is 0 Å². The third kappa shape index (κ3) is 4.84. The number of benzene rings is 1. The summed E-state index contributed by atoms with van der Waals surface area (Å²) in [6, 6.07) is 7.96. The maximum absolute atomic E-state index is 9.55. The van der Waals surface area contributed by atoms with Gasteiger partial charge >= 0.3 is 7.12 Å². The molecule has 7 heteroatoms. The molecule has 2 aliphatic heterocycles. The number of aliphatic hydroxyl groups excluding tert-OH is 2. The molecule has 1 aromatic carbocycles. The fourth-order valence-electron chi connectivity index (χ4n) is 3.44. The molecule has 27 heavy (non-hydrogen) atoms. The number of ether oxygens (including phenoxy) is 1. The molecule has 2 fully saturated rings. The van der Waals surface area contributed by atoms with Crippen molar-refractivity contribution in [2.24, 2.45) is 0 Å². The molecule has 2 heterocycles. The molecular formula is C20H32BNO5. The van der Waals surface area contributed by atoms with Crippen molar-refractivity contribution < 1.29 is 24.3 Å². The summed E-state index contributed by atoms with van der Waals surface area (Å²) in [5.41, 5.74) is 0.309. The Morgan fingerprint density at radius 2 is 1.67 bits per heavy atom. The van der Waals surface area contributed by atoms with Gasteiger partial charge in [0.1, 0.15) is 11.9 Å². The largest absolute Gasteiger partial charge is 0.494 e. The second kappa shape index (κ2) is 8.09. The molecule has 2 aliphatic rings. The van der Waals surface area contributed by atoms with E-state index < -0.39 is 6.10 Å². The van der Waals surface area contributed by atoms with Gasteiger partial charge in [-0.1, -0.05) is 12.1 Å². The minimum atomic E-state index is -0.662. The lowest BCUT2D eigenvalue weighted by Gasteiger charge is -2.33. The molecule has 0 aromatic heterocycles. The van der Waals surface area contributed by atoms with E-state index in [9.17, 15) is 5.11 Å². The van der Waals surface area contributed by atoms with Crippen molar-refractivity contribution in [3.05, 3.63) is 24.3 Å². The molecule has 0 aliphatic carbocycles. The van der Waals surface area contributed by atoms with Crippen LogP contribution >= 0.6 is 0 Å². The maximum atomic E-state index is 9.55. The number of nitrogens with zero attached hydrogens (tertiary/aromatic N) is 1. The molecular weight excluding hydrogens is 345 g/mol. The Hall–Kier alpha value is -1.12. The third-order valence-corrected chi connectivity index (χ3v) is 5.92. The first-order valence-corrected chi connectivity index (χ1v) is 9.84. The predicted octanol–water partition coefficient (Wildman–Crippen LogP) is 1.18. The van der Waals surface area contributed by atoms with Gasteiger partial charge in [-0.3, -0.25) is 0 Å². The Bertz CT molecular complexity index is 597. The summed E-state index contributed by atoms with van der Waals surface area (Å²) in [7, 11) is -0.356. The number of aliphatic hydroxyl groups is 2. The highest BCUT2D eigenvalue weighted by Crippen LogP contribution is 2.36. The normalized spacial score (nSPS) is 24.1. The van der Waals surface area contributed by atoms with Crippen LogP contribution < -0.4 is 10.2 Å². The Morgan fingerprint density at radius 1 is 1.11 bits per heavy atom. The molecule has 1 aromatic rings. The lowest BCUT2D eigenvalue weighted by Crippen LogP contribution is -2.42. The van der Waals surface area contributed by atoms with Crippen molar-refractivity contribution in [2.75, 3.05) is 26.2 Å². The highest BCUT2D eigenvalue weighted by molar-refractivity contribution is 6.62. The van der Waals surface area contributed by atoms with Gasteiger partial charge in [-0.25, -0.2) is 0 Å². The van der Waals surface area contributed by atoms with Crippen LogP contribution in [0, 0.1) is 0 Å². The number of hydrogen-bond acceptors (Lipinski definition) is 6. The molecule has 0 bridgehead atoms. The zero-order chi connectivity index (χ0) is 19.7. The fourth-order valence-corrected chi connectivity index (χ4v) is 3.44. The van der Waals surface area contributed by atoms with E-state index in [-0.39, 0.29) is 31.0 Å². The SMILES string of the molecule is CC1(C)OB(c2ccc(OC3CCN(CC(O)CO)CC3)cc2)OC1(C)C. The van der Waals surface area contributed by atoms with Crippen LogP contribution in [0.4, 0.5) is 0 Å². The maximum Gasteiger partial charge on any atom is 0.494 e. The van der Waals surface area contributed by atoms with E-state index in [4.69, 9.17) is 19.2 Å². The highest BCUT2D eigenvalue weighted by Gasteiger charge is 2.51. The van der Waals surface area contributed by atoms with Gasteiger partial charge in [-0.15, -0.1) is 0 Å². The van der Waals surface area contributed by atoms with Gasteiger partial charge < -0.3 is 29.2 Å². The van der Waals surface area contributed by atoms with Gasteiger partial charge in [0.05, 0.1) is 23.9 Å². The van der Waals surface area contributed by atoms with E-state index >= 15 is 0 Å². The first kappa shape index (κ1) is 20.6. The summed E-state index contributed by atoms with van der Waals surface area (Å²) >= 11 is 0. The molecule has 0 spiro atoms. The molecule has 0 saturated carbocycles. The van der Waals surface area contributed by atoms with E-state index in [1.54, 1.807) is 0 Å². The average Bonchev–Trinajstić information content (AvgIpc) is 2.85. The standard InChI is InChI=1S/C20H32BNO5/c1-19(2)20(3,4)27-21(26-19)15-5-7-17(8-6-15)25-18-9-11-22(12-10-18)13-16(24)14-23/h5-8,16,18,23-24H,9-14H2,1-4H3. The molecule has 1 unspecified atom stereocenters. The zero-order valence-corrected chi connectivity index (χ0v) is 16.9. The Morgan fingerprint density at radius 3 is 2.19 bits per heavy atom. The number of hydrogen-bond donors (Lipinski definition) is 2. The molecule has 150 valence electrons. The number of likely N-dealkylation sites (tertiary alicyclic amines) is 1. The molecule has 6 nitrogen and oxygen atoms in total. The summed E-state index contributed by atoms with van der Waals surface area (Å²) in [6.45, 7) is 10.3. The highest BCUT2D eigenvalue weighted by atomic mass is 16.7. The van der Waals surface area contributed by atoms with E-state index in [2.05, 4.69) is 32.6 Å². The summed E-state index contributed by atoms with van der Waals surface area (Å²) in [6.07, 6.45) is 1.34. The Labute approximate surface area is 162 Å². The summed E-state index contributed by atoms with van der Waals surface area (Å²) < 4.78 is 18.3.